The van der Waals surface area contributed by atoms with E-state index in [9.17, 15) is 9.90 Å². The molecule has 4 nitrogen and oxygen atoms in total. The number of hydrogen-bond acceptors (Lipinski definition) is 4. The van der Waals surface area contributed by atoms with Gasteiger partial charge in [0, 0.05) is 7.11 Å². The largest absolute Gasteiger partial charge is 0.453 e. The fourth-order valence-corrected chi connectivity index (χ4v) is 2.06. The number of hydrogen-bond donors (Lipinski definition) is 1. The van der Waals surface area contributed by atoms with Crippen LogP contribution in [-0.2, 0) is 14.3 Å². The summed E-state index contributed by atoms with van der Waals surface area (Å²) in [7, 11) is 1.54. The molecule has 1 saturated heterocycles. The lowest BCUT2D eigenvalue weighted by molar-refractivity contribution is -0.227. The fraction of sp³-hybridized carbons (Fsp3) is 0.417. The van der Waals surface area contributed by atoms with E-state index in [1.165, 1.54) is 0 Å². The van der Waals surface area contributed by atoms with Crippen molar-refractivity contribution in [2.75, 3.05) is 13.7 Å². The Bertz CT molecular complexity index is 366. The first-order chi connectivity index (χ1) is 7.72. The van der Waals surface area contributed by atoms with Crippen LogP contribution in [0.2, 0.25) is 0 Å². The van der Waals surface area contributed by atoms with Crippen molar-refractivity contribution in [1.29, 1.82) is 0 Å². The van der Waals surface area contributed by atoms with E-state index in [1.54, 1.807) is 7.11 Å². The Balaban J connectivity index is 2.26. The van der Waals surface area contributed by atoms with Crippen LogP contribution in [0.15, 0.2) is 30.3 Å². The van der Waals surface area contributed by atoms with Crippen LogP contribution in [0.4, 0.5) is 0 Å². The minimum atomic E-state index is -0.910. The molecule has 2 atom stereocenters. The SMILES string of the molecule is COC(c1ccccc1)C1(CO)CC(=O)O1. The average Bonchev–Trinajstić information content (AvgIpc) is 2.28. The number of cyclic esters (lactones) is 1. The van der Waals surface area contributed by atoms with Gasteiger partial charge in [-0.25, -0.2) is 0 Å². The molecular weight excluding hydrogens is 208 g/mol. The number of carbonyl (C=O) groups is 1. The summed E-state index contributed by atoms with van der Waals surface area (Å²) in [5.74, 6) is -0.299. The molecule has 4 heteroatoms. The van der Waals surface area contributed by atoms with Crippen LogP contribution in [0.3, 0.4) is 0 Å². The lowest BCUT2D eigenvalue weighted by Gasteiger charge is -2.43. The molecule has 86 valence electrons. The minimum Gasteiger partial charge on any atom is -0.453 e. The van der Waals surface area contributed by atoms with Gasteiger partial charge in [0.1, 0.15) is 6.10 Å². The molecule has 2 rings (SSSR count). The molecule has 0 bridgehead atoms. The third-order valence-corrected chi connectivity index (χ3v) is 2.84. The van der Waals surface area contributed by atoms with Gasteiger partial charge in [0.25, 0.3) is 0 Å². The zero-order chi connectivity index (χ0) is 11.6. The number of carbonyl (C=O) groups excluding carboxylic acids is 1. The monoisotopic (exact) mass is 222 g/mol. The van der Waals surface area contributed by atoms with Gasteiger partial charge in [0.2, 0.25) is 0 Å². The van der Waals surface area contributed by atoms with Crippen LogP contribution in [0, 0.1) is 0 Å². The topological polar surface area (TPSA) is 55.8 Å². The molecule has 1 heterocycles. The van der Waals surface area contributed by atoms with Gasteiger partial charge >= 0.3 is 5.97 Å². The first-order valence-corrected chi connectivity index (χ1v) is 5.12. The number of rotatable bonds is 4. The third kappa shape index (κ3) is 1.70. The highest BCUT2D eigenvalue weighted by atomic mass is 16.6. The van der Waals surface area contributed by atoms with Gasteiger partial charge in [-0.05, 0) is 5.56 Å². The summed E-state index contributed by atoms with van der Waals surface area (Å²) in [5.41, 5.74) is -0.0146. The second-order valence-corrected chi connectivity index (χ2v) is 3.90. The standard InChI is InChI=1S/C12H14O4/c1-15-11(9-5-3-2-4-6-9)12(8-13)7-10(14)16-12/h2-6,11,13H,7-8H2,1H3. The molecule has 1 fully saturated rings. The first-order valence-electron chi connectivity index (χ1n) is 5.12. The smallest absolute Gasteiger partial charge is 0.310 e. The molecule has 2 unspecified atom stereocenters. The molecule has 0 saturated carbocycles. The Kier molecular flexibility index (Phi) is 2.94. The van der Waals surface area contributed by atoms with Gasteiger partial charge in [0.05, 0.1) is 13.0 Å². The Labute approximate surface area is 93.8 Å². The van der Waals surface area contributed by atoms with Crippen LogP contribution in [0.25, 0.3) is 0 Å². The highest BCUT2D eigenvalue weighted by molar-refractivity contribution is 5.77. The Morgan fingerprint density at radius 2 is 2.12 bits per heavy atom. The van der Waals surface area contributed by atoms with Gasteiger partial charge in [-0.3, -0.25) is 4.79 Å². The van der Waals surface area contributed by atoms with E-state index in [0.29, 0.717) is 0 Å². The van der Waals surface area contributed by atoms with Crippen molar-refractivity contribution >= 4 is 5.97 Å². The molecular formula is C12H14O4. The van der Waals surface area contributed by atoms with Crippen LogP contribution < -0.4 is 0 Å². The number of methoxy groups -OCH3 is 1. The van der Waals surface area contributed by atoms with Crippen molar-refractivity contribution in [1.82, 2.24) is 0 Å². The zero-order valence-corrected chi connectivity index (χ0v) is 9.05. The van der Waals surface area contributed by atoms with E-state index in [-0.39, 0.29) is 19.0 Å². The average molecular weight is 222 g/mol. The number of ether oxygens (including phenoxy) is 2. The maximum atomic E-state index is 10.9. The number of esters is 1. The van der Waals surface area contributed by atoms with Crippen molar-refractivity contribution < 1.29 is 19.4 Å². The van der Waals surface area contributed by atoms with Crippen molar-refractivity contribution in [2.45, 2.75) is 18.1 Å². The molecule has 1 aliphatic rings. The molecule has 0 spiro atoms. The van der Waals surface area contributed by atoms with Crippen molar-refractivity contribution in [3.8, 4) is 0 Å². The minimum absolute atomic E-state index is 0.191. The highest BCUT2D eigenvalue weighted by Gasteiger charge is 2.52. The molecule has 0 radical (unpaired) electrons. The number of aliphatic hydroxyl groups excluding tert-OH is 1. The molecule has 1 aromatic carbocycles. The van der Waals surface area contributed by atoms with Gasteiger partial charge in [-0.15, -0.1) is 0 Å². The van der Waals surface area contributed by atoms with E-state index in [2.05, 4.69) is 0 Å². The summed E-state index contributed by atoms with van der Waals surface area (Å²) in [4.78, 5) is 10.9. The molecule has 1 aromatic rings. The molecule has 16 heavy (non-hydrogen) atoms. The summed E-state index contributed by atoms with van der Waals surface area (Å²) >= 11 is 0. The maximum Gasteiger partial charge on any atom is 0.310 e. The van der Waals surface area contributed by atoms with E-state index in [0.717, 1.165) is 5.56 Å². The van der Waals surface area contributed by atoms with Crippen LogP contribution in [0.5, 0.6) is 0 Å². The molecule has 1 aliphatic heterocycles. The summed E-state index contributed by atoms with van der Waals surface area (Å²) in [6.07, 6.45) is -0.229. The van der Waals surface area contributed by atoms with E-state index in [4.69, 9.17) is 9.47 Å². The Morgan fingerprint density at radius 3 is 2.56 bits per heavy atom. The van der Waals surface area contributed by atoms with E-state index in [1.807, 2.05) is 30.3 Å². The normalized spacial score (nSPS) is 25.8. The van der Waals surface area contributed by atoms with Gasteiger partial charge in [0.15, 0.2) is 5.60 Å². The van der Waals surface area contributed by atoms with Gasteiger partial charge in [-0.2, -0.15) is 0 Å². The van der Waals surface area contributed by atoms with Crippen molar-refractivity contribution in [3.05, 3.63) is 35.9 Å². The molecule has 0 aromatic heterocycles. The summed E-state index contributed by atoms with van der Waals surface area (Å²) in [6, 6.07) is 9.43. The lowest BCUT2D eigenvalue weighted by Crippen LogP contribution is -2.55. The number of benzene rings is 1. The third-order valence-electron chi connectivity index (χ3n) is 2.84. The second-order valence-electron chi connectivity index (χ2n) is 3.90. The lowest BCUT2D eigenvalue weighted by atomic mass is 9.84. The van der Waals surface area contributed by atoms with Gasteiger partial charge < -0.3 is 14.6 Å². The predicted molar refractivity (Wildman–Crippen MR) is 56.7 cm³/mol. The Morgan fingerprint density at radius 1 is 1.50 bits per heavy atom. The second kappa shape index (κ2) is 4.23. The Hall–Kier alpha value is -1.39. The molecule has 1 N–H and O–H groups in total. The maximum absolute atomic E-state index is 10.9. The van der Waals surface area contributed by atoms with Crippen molar-refractivity contribution in [3.63, 3.8) is 0 Å². The molecule has 0 amide bonds. The quantitative estimate of drug-likeness (QED) is 0.774. The molecule has 0 aliphatic carbocycles. The zero-order valence-electron chi connectivity index (χ0n) is 9.05. The highest BCUT2D eigenvalue weighted by Crippen LogP contribution is 2.41. The summed E-state index contributed by atoms with van der Waals surface area (Å²) in [5, 5.41) is 9.36. The van der Waals surface area contributed by atoms with E-state index < -0.39 is 11.7 Å². The van der Waals surface area contributed by atoms with Crippen LogP contribution in [0.1, 0.15) is 18.1 Å². The predicted octanol–water partition coefficient (Wildman–Crippen LogP) is 1.05. The summed E-state index contributed by atoms with van der Waals surface area (Å²) in [6.45, 7) is -0.230. The van der Waals surface area contributed by atoms with Crippen LogP contribution in [-0.4, -0.2) is 30.4 Å². The first kappa shape index (κ1) is 11.1. The number of aliphatic hydroxyl groups is 1. The van der Waals surface area contributed by atoms with Gasteiger partial charge in [-0.1, -0.05) is 30.3 Å². The fourth-order valence-electron chi connectivity index (χ4n) is 2.06. The van der Waals surface area contributed by atoms with E-state index >= 15 is 0 Å². The van der Waals surface area contributed by atoms with Crippen LogP contribution >= 0.6 is 0 Å². The van der Waals surface area contributed by atoms with Crippen molar-refractivity contribution in [2.24, 2.45) is 0 Å². The summed E-state index contributed by atoms with van der Waals surface area (Å²) < 4.78 is 10.4.